The van der Waals surface area contributed by atoms with E-state index in [-0.39, 0.29) is 5.78 Å². The van der Waals surface area contributed by atoms with E-state index in [4.69, 9.17) is 4.74 Å². The van der Waals surface area contributed by atoms with Crippen LogP contribution in [0.3, 0.4) is 0 Å². The number of ketones is 1. The molecular formula is C16H15FO2. The van der Waals surface area contributed by atoms with Crippen LogP contribution in [0.2, 0.25) is 0 Å². The molecule has 2 aromatic rings. The van der Waals surface area contributed by atoms with E-state index >= 15 is 0 Å². The maximum absolute atomic E-state index is 13.3. The normalized spacial score (nSPS) is 10.3. The molecule has 0 aliphatic heterocycles. The first-order valence-corrected chi connectivity index (χ1v) is 5.98. The molecule has 0 amide bonds. The Morgan fingerprint density at radius 3 is 2.47 bits per heavy atom. The van der Waals surface area contributed by atoms with Gasteiger partial charge in [-0.1, -0.05) is 12.1 Å². The summed E-state index contributed by atoms with van der Waals surface area (Å²) >= 11 is 0. The molecule has 19 heavy (non-hydrogen) atoms. The van der Waals surface area contributed by atoms with Crippen LogP contribution < -0.4 is 4.74 Å². The van der Waals surface area contributed by atoms with Crippen molar-refractivity contribution in [2.45, 2.75) is 13.8 Å². The van der Waals surface area contributed by atoms with Gasteiger partial charge in [0.05, 0.1) is 12.7 Å². The van der Waals surface area contributed by atoms with Gasteiger partial charge < -0.3 is 4.74 Å². The van der Waals surface area contributed by atoms with Gasteiger partial charge >= 0.3 is 0 Å². The Kier molecular flexibility index (Phi) is 3.65. The van der Waals surface area contributed by atoms with E-state index < -0.39 is 5.82 Å². The summed E-state index contributed by atoms with van der Waals surface area (Å²) in [7, 11) is 1.52. The minimum absolute atomic E-state index is 0.228. The smallest absolute Gasteiger partial charge is 0.197 e. The molecule has 2 nitrogen and oxygen atoms in total. The van der Waals surface area contributed by atoms with Crippen molar-refractivity contribution in [2.75, 3.05) is 7.11 Å². The number of ether oxygens (including phenoxy) is 1. The quantitative estimate of drug-likeness (QED) is 0.785. The van der Waals surface area contributed by atoms with Gasteiger partial charge in [-0.05, 0) is 49.2 Å². The number of halogens is 1. The Labute approximate surface area is 111 Å². The Bertz CT molecular complexity index is 633. The topological polar surface area (TPSA) is 26.3 Å². The zero-order valence-electron chi connectivity index (χ0n) is 11.2. The van der Waals surface area contributed by atoms with E-state index in [1.165, 1.54) is 19.2 Å². The fraction of sp³-hybridized carbons (Fsp3) is 0.188. The van der Waals surface area contributed by atoms with Crippen LogP contribution in [0.5, 0.6) is 5.75 Å². The molecule has 0 fully saturated rings. The van der Waals surface area contributed by atoms with Crippen LogP contribution in [0.25, 0.3) is 0 Å². The lowest BCUT2D eigenvalue weighted by Gasteiger charge is -2.10. The van der Waals surface area contributed by atoms with Gasteiger partial charge in [0.15, 0.2) is 5.78 Å². The number of benzene rings is 2. The molecule has 0 saturated heterocycles. The minimum atomic E-state index is -0.417. The Morgan fingerprint density at radius 1 is 1.05 bits per heavy atom. The molecule has 0 heterocycles. The highest BCUT2D eigenvalue weighted by Gasteiger charge is 2.17. The first kappa shape index (κ1) is 13.3. The summed E-state index contributed by atoms with van der Waals surface area (Å²) in [5.41, 5.74) is 2.56. The van der Waals surface area contributed by atoms with Crippen LogP contribution in [0.1, 0.15) is 27.0 Å². The molecule has 0 saturated carbocycles. The minimum Gasteiger partial charge on any atom is -0.496 e. The molecule has 0 bridgehead atoms. The average molecular weight is 258 g/mol. The monoisotopic (exact) mass is 258 g/mol. The van der Waals surface area contributed by atoms with Crippen LogP contribution in [-0.4, -0.2) is 12.9 Å². The summed E-state index contributed by atoms with van der Waals surface area (Å²) < 4.78 is 18.5. The molecule has 0 spiro atoms. The van der Waals surface area contributed by atoms with Crippen molar-refractivity contribution in [2.24, 2.45) is 0 Å². The van der Waals surface area contributed by atoms with E-state index in [1.54, 1.807) is 25.1 Å². The van der Waals surface area contributed by atoms with Crippen LogP contribution in [0.4, 0.5) is 4.39 Å². The highest BCUT2D eigenvalue weighted by molar-refractivity contribution is 6.11. The number of aryl methyl sites for hydroxylation is 2. The van der Waals surface area contributed by atoms with E-state index in [9.17, 15) is 9.18 Å². The van der Waals surface area contributed by atoms with Gasteiger partial charge in [0, 0.05) is 5.56 Å². The summed E-state index contributed by atoms with van der Waals surface area (Å²) in [5, 5.41) is 0. The zero-order chi connectivity index (χ0) is 14.0. The molecule has 0 atom stereocenters. The predicted molar refractivity (Wildman–Crippen MR) is 72.3 cm³/mol. The molecule has 0 unspecified atom stereocenters. The van der Waals surface area contributed by atoms with Crippen molar-refractivity contribution in [3.8, 4) is 5.75 Å². The number of carbonyl (C=O) groups excluding carboxylic acids is 1. The van der Waals surface area contributed by atoms with Crippen molar-refractivity contribution in [1.29, 1.82) is 0 Å². The molecule has 0 aliphatic carbocycles. The Morgan fingerprint density at radius 2 is 1.79 bits per heavy atom. The zero-order valence-corrected chi connectivity index (χ0v) is 11.2. The highest BCUT2D eigenvalue weighted by Crippen LogP contribution is 2.24. The van der Waals surface area contributed by atoms with E-state index in [1.807, 2.05) is 13.0 Å². The van der Waals surface area contributed by atoms with Gasteiger partial charge in [-0.3, -0.25) is 4.79 Å². The van der Waals surface area contributed by atoms with E-state index in [2.05, 4.69) is 0 Å². The van der Waals surface area contributed by atoms with Crippen LogP contribution >= 0.6 is 0 Å². The van der Waals surface area contributed by atoms with Gasteiger partial charge in [-0.25, -0.2) is 4.39 Å². The van der Waals surface area contributed by atoms with Crippen molar-refractivity contribution in [3.05, 3.63) is 64.5 Å². The van der Waals surface area contributed by atoms with E-state index in [0.717, 1.165) is 11.1 Å². The molecule has 0 radical (unpaired) electrons. The SMILES string of the molecule is COc1cc(C)ccc1C(=O)c1cc(F)ccc1C. The number of hydrogen-bond donors (Lipinski definition) is 0. The van der Waals surface area contributed by atoms with Gasteiger partial charge in [-0.2, -0.15) is 0 Å². The first-order chi connectivity index (χ1) is 9.02. The number of hydrogen-bond acceptors (Lipinski definition) is 2. The third-order valence-electron chi connectivity index (χ3n) is 3.05. The fourth-order valence-corrected chi connectivity index (χ4v) is 1.97. The van der Waals surface area contributed by atoms with Crippen LogP contribution in [0.15, 0.2) is 36.4 Å². The summed E-state index contributed by atoms with van der Waals surface area (Å²) in [4.78, 5) is 12.5. The van der Waals surface area contributed by atoms with Crippen molar-refractivity contribution in [3.63, 3.8) is 0 Å². The Balaban J connectivity index is 2.53. The molecule has 3 heteroatoms. The maximum Gasteiger partial charge on any atom is 0.197 e. The third-order valence-corrected chi connectivity index (χ3v) is 3.05. The second kappa shape index (κ2) is 5.22. The lowest BCUT2D eigenvalue weighted by atomic mass is 9.97. The lowest BCUT2D eigenvalue weighted by molar-refractivity contribution is 0.103. The molecule has 98 valence electrons. The summed E-state index contributed by atoms with van der Waals surface area (Å²) in [6.07, 6.45) is 0. The number of rotatable bonds is 3. The molecule has 0 N–H and O–H groups in total. The molecule has 0 aliphatic rings. The second-order valence-corrected chi connectivity index (χ2v) is 4.49. The summed E-state index contributed by atoms with van der Waals surface area (Å²) in [5.74, 6) is -0.137. The van der Waals surface area contributed by atoms with Crippen molar-refractivity contribution < 1.29 is 13.9 Å². The average Bonchev–Trinajstić information content (AvgIpc) is 2.40. The number of methoxy groups -OCH3 is 1. The summed E-state index contributed by atoms with van der Waals surface area (Å²) in [6, 6.07) is 9.55. The molecule has 0 aromatic heterocycles. The molecule has 2 aromatic carbocycles. The lowest BCUT2D eigenvalue weighted by Crippen LogP contribution is -2.06. The largest absolute Gasteiger partial charge is 0.496 e. The third kappa shape index (κ3) is 2.65. The van der Waals surface area contributed by atoms with Gasteiger partial charge in [0.25, 0.3) is 0 Å². The van der Waals surface area contributed by atoms with Crippen LogP contribution in [0, 0.1) is 19.7 Å². The predicted octanol–water partition coefficient (Wildman–Crippen LogP) is 3.68. The summed E-state index contributed by atoms with van der Waals surface area (Å²) in [6.45, 7) is 3.71. The fourth-order valence-electron chi connectivity index (χ4n) is 1.97. The highest BCUT2D eigenvalue weighted by atomic mass is 19.1. The number of carbonyl (C=O) groups is 1. The van der Waals surface area contributed by atoms with Crippen molar-refractivity contribution in [1.82, 2.24) is 0 Å². The maximum atomic E-state index is 13.3. The Hall–Kier alpha value is -2.16. The molecular weight excluding hydrogens is 243 g/mol. The first-order valence-electron chi connectivity index (χ1n) is 5.98. The van der Waals surface area contributed by atoms with Gasteiger partial charge in [-0.15, -0.1) is 0 Å². The molecule has 2 rings (SSSR count). The van der Waals surface area contributed by atoms with Crippen molar-refractivity contribution >= 4 is 5.78 Å². The van der Waals surface area contributed by atoms with Crippen LogP contribution in [-0.2, 0) is 0 Å². The van der Waals surface area contributed by atoms with Gasteiger partial charge in [0.1, 0.15) is 11.6 Å². The van der Waals surface area contributed by atoms with Gasteiger partial charge in [0.2, 0.25) is 0 Å². The second-order valence-electron chi connectivity index (χ2n) is 4.49. The standard InChI is InChI=1S/C16H15FO2/c1-10-4-7-13(15(8-10)19-3)16(18)14-9-12(17)6-5-11(14)2/h4-9H,1-3H3. The van der Waals surface area contributed by atoms with E-state index in [0.29, 0.717) is 16.9 Å².